The zero-order chi connectivity index (χ0) is 26.1. The van der Waals surface area contributed by atoms with Crippen molar-refractivity contribution in [3.05, 3.63) is 83.9 Å². The smallest absolute Gasteiger partial charge is 0.296 e. The molecule has 3 aromatic carbocycles. The second kappa shape index (κ2) is 9.85. The van der Waals surface area contributed by atoms with E-state index in [-0.39, 0.29) is 17.5 Å². The average Bonchev–Trinajstić information content (AvgIpc) is 3.16. The van der Waals surface area contributed by atoms with Crippen LogP contribution in [0.5, 0.6) is 11.6 Å². The number of ether oxygens (including phenoxy) is 1. The van der Waals surface area contributed by atoms with E-state index in [1.807, 2.05) is 67.6 Å². The van der Waals surface area contributed by atoms with Crippen molar-refractivity contribution < 1.29 is 14.6 Å². The van der Waals surface area contributed by atoms with Crippen molar-refractivity contribution in [1.29, 1.82) is 0 Å². The Hall–Kier alpha value is -4.52. The summed E-state index contributed by atoms with van der Waals surface area (Å²) in [5, 5.41) is 20.8. The minimum atomic E-state index is -0.512. The molecule has 5 aromatic rings. The van der Waals surface area contributed by atoms with Crippen LogP contribution < -0.4 is 4.74 Å². The fourth-order valence-electron chi connectivity index (χ4n) is 4.50. The number of aromatic hydroxyl groups is 1. The van der Waals surface area contributed by atoms with Gasteiger partial charge in [0, 0.05) is 22.9 Å². The molecule has 0 spiro atoms. The summed E-state index contributed by atoms with van der Waals surface area (Å²) >= 11 is 0. The minimum Gasteiger partial charge on any atom is -0.497 e. The summed E-state index contributed by atoms with van der Waals surface area (Å²) in [4.78, 5) is 18.3. The largest absolute Gasteiger partial charge is 0.497 e. The number of azo groups is 1. The third-order valence-corrected chi connectivity index (χ3v) is 6.27. The highest BCUT2D eigenvalue weighted by molar-refractivity contribution is 6.08. The van der Waals surface area contributed by atoms with Gasteiger partial charge in [-0.25, -0.2) is 4.98 Å². The van der Waals surface area contributed by atoms with E-state index >= 15 is 0 Å². The SMILES string of the molecule is COc1ccc2c(c1)c(N=NC(=O)c1cc(-c3ccccc3)nc3ccc(C)cc13)c(O)n2CC(C)C. The van der Waals surface area contributed by atoms with Crippen LogP contribution in [0.1, 0.15) is 29.8 Å². The Labute approximate surface area is 215 Å². The highest BCUT2D eigenvalue weighted by Crippen LogP contribution is 2.41. The van der Waals surface area contributed by atoms with Crippen LogP contribution in [0.25, 0.3) is 33.1 Å². The average molecular weight is 493 g/mol. The third-order valence-electron chi connectivity index (χ3n) is 6.27. The van der Waals surface area contributed by atoms with Gasteiger partial charge in [0.2, 0.25) is 5.88 Å². The molecule has 186 valence electrons. The number of carbonyl (C=O) groups is 1. The molecule has 1 N–H and O–H groups in total. The Balaban J connectivity index is 1.63. The highest BCUT2D eigenvalue weighted by Gasteiger charge is 2.20. The molecule has 0 atom stereocenters. The van der Waals surface area contributed by atoms with Gasteiger partial charge in [-0.05, 0) is 49.2 Å². The quantitative estimate of drug-likeness (QED) is 0.249. The molecule has 0 unspecified atom stereocenters. The van der Waals surface area contributed by atoms with E-state index < -0.39 is 5.91 Å². The molecule has 0 bridgehead atoms. The lowest BCUT2D eigenvalue weighted by Crippen LogP contribution is -2.03. The molecule has 7 nitrogen and oxygen atoms in total. The number of methoxy groups -OCH3 is 1. The van der Waals surface area contributed by atoms with Crippen LogP contribution in [0, 0.1) is 12.8 Å². The van der Waals surface area contributed by atoms with Gasteiger partial charge in [0.1, 0.15) is 5.75 Å². The van der Waals surface area contributed by atoms with Gasteiger partial charge in [-0.1, -0.05) is 55.8 Å². The summed E-state index contributed by atoms with van der Waals surface area (Å²) in [5.41, 5.74) is 4.72. The summed E-state index contributed by atoms with van der Waals surface area (Å²) in [6, 6.07) is 22.8. The first-order chi connectivity index (χ1) is 17.9. The van der Waals surface area contributed by atoms with E-state index in [4.69, 9.17) is 9.72 Å². The number of rotatable bonds is 6. The van der Waals surface area contributed by atoms with Crippen LogP contribution in [-0.2, 0) is 6.54 Å². The summed E-state index contributed by atoms with van der Waals surface area (Å²) < 4.78 is 7.17. The number of aromatic nitrogens is 2. The van der Waals surface area contributed by atoms with Crippen LogP contribution in [0.3, 0.4) is 0 Å². The Morgan fingerprint density at radius 2 is 1.81 bits per heavy atom. The first-order valence-corrected chi connectivity index (χ1v) is 12.2. The number of carbonyl (C=O) groups excluding carboxylic acids is 1. The highest BCUT2D eigenvalue weighted by atomic mass is 16.5. The van der Waals surface area contributed by atoms with Crippen molar-refractivity contribution in [2.45, 2.75) is 27.3 Å². The maximum atomic E-state index is 13.5. The Morgan fingerprint density at radius 3 is 2.54 bits per heavy atom. The third kappa shape index (κ3) is 4.68. The number of hydrogen-bond donors (Lipinski definition) is 1. The molecule has 0 saturated heterocycles. The first-order valence-electron chi connectivity index (χ1n) is 12.2. The molecule has 5 rings (SSSR count). The summed E-state index contributed by atoms with van der Waals surface area (Å²) in [6.07, 6.45) is 0. The number of nitrogens with zero attached hydrogens (tertiary/aromatic N) is 4. The fourth-order valence-corrected chi connectivity index (χ4v) is 4.50. The van der Waals surface area contributed by atoms with Crippen LogP contribution in [0.2, 0.25) is 0 Å². The van der Waals surface area contributed by atoms with Crippen molar-refractivity contribution in [2.24, 2.45) is 16.1 Å². The summed E-state index contributed by atoms with van der Waals surface area (Å²) in [7, 11) is 1.58. The molecule has 0 aliphatic heterocycles. The van der Waals surface area contributed by atoms with E-state index in [1.54, 1.807) is 23.8 Å². The number of aryl methyl sites for hydroxylation is 1. The molecule has 7 heteroatoms. The second-order valence-corrected chi connectivity index (χ2v) is 9.51. The summed E-state index contributed by atoms with van der Waals surface area (Å²) in [5.74, 6) is 0.370. The zero-order valence-corrected chi connectivity index (χ0v) is 21.3. The van der Waals surface area contributed by atoms with E-state index in [2.05, 4.69) is 24.1 Å². The lowest BCUT2D eigenvalue weighted by Gasteiger charge is -2.09. The maximum absolute atomic E-state index is 13.5. The zero-order valence-electron chi connectivity index (χ0n) is 21.3. The van der Waals surface area contributed by atoms with Crippen molar-refractivity contribution in [3.8, 4) is 22.9 Å². The first kappa shape index (κ1) is 24.2. The van der Waals surface area contributed by atoms with E-state index in [0.717, 1.165) is 16.6 Å². The topological polar surface area (TPSA) is 89.1 Å². The molecule has 0 saturated carbocycles. The molecule has 2 aromatic heterocycles. The minimum absolute atomic E-state index is 0.0334. The number of fused-ring (bicyclic) bond motifs is 2. The van der Waals surface area contributed by atoms with Gasteiger partial charge in [0.05, 0.1) is 29.4 Å². The predicted octanol–water partition coefficient (Wildman–Crippen LogP) is 7.46. The van der Waals surface area contributed by atoms with Crippen molar-refractivity contribution in [1.82, 2.24) is 9.55 Å². The molecule has 0 radical (unpaired) electrons. The molecular formula is C30H28N4O3. The summed E-state index contributed by atoms with van der Waals surface area (Å²) in [6.45, 7) is 6.70. The van der Waals surface area contributed by atoms with E-state index in [9.17, 15) is 9.90 Å². The van der Waals surface area contributed by atoms with Gasteiger partial charge < -0.3 is 14.4 Å². The Bertz CT molecular complexity index is 1650. The molecule has 37 heavy (non-hydrogen) atoms. The molecular weight excluding hydrogens is 464 g/mol. The second-order valence-electron chi connectivity index (χ2n) is 9.51. The molecule has 0 aliphatic rings. The number of pyridine rings is 1. The molecule has 0 fully saturated rings. The van der Waals surface area contributed by atoms with Crippen molar-refractivity contribution >= 4 is 33.4 Å². The van der Waals surface area contributed by atoms with Crippen molar-refractivity contribution in [2.75, 3.05) is 7.11 Å². The predicted molar refractivity (Wildman–Crippen MR) is 146 cm³/mol. The Morgan fingerprint density at radius 1 is 1.03 bits per heavy atom. The normalized spacial score (nSPS) is 11.7. The lowest BCUT2D eigenvalue weighted by molar-refractivity contribution is 0.0996. The molecule has 0 aliphatic carbocycles. The van der Waals surface area contributed by atoms with Gasteiger partial charge in [0.25, 0.3) is 5.91 Å². The standard InChI is InChI=1S/C30H28N4O3/c1-18(2)17-34-27-13-11-21(37-4)15-24(27)28(30(34)36)32-33-29(35)23-16-26(20-8-6-5-7-9-20)31-25-12-10-19(3)14-22(23)25/h5-16,18,36H,17H2,1-4H3. The van der Waals surface area contributed by atoms with Gasteiger partial charge in [-0.15, -0.1) is 10.2 Å². The number of amides is 1. The molecule has 2 heterocycles. The fraction of sp³-hybridized carbons (Fsp3) is 0.200. The Kier molecular flexibility index (Phi) is 6.44. The number of benzene rings is 3. The lowest BCUT2D eigenvalue weighted by atomic mass is 10.0. The maximum Gasteiger partial charge on any atom is 0.296 e. The monoisotopic (exact) mass is 492 g/mol. The van der Waals surface area contributed by atoms with Gasteiger partial charge >= 0.3 is 0 Å². The van der Waals surface area contributed by atoms with Crippen LogP contribution >= 0.6 is 0 Å². The number of hydrogen-bond acceptors (Lipinski definition) is 5. The van der Waals surface area contributed by atoms with Crippen LogP contribution in [-0.4, -0.2) is 27.7 Å². The van der Waals surface area contributed by atoms with Gasteiger partial charge in [0.15, 0.2) is 5.69 Å². The molecule has 1 amide bonds. The van der Waals surface area contributed by atoms with Gasteiger partial charge in [-0.2, -0.15) is 0 Å². The van der Waals surface area contributed by atoms with Crippen LogP contribution in [0.15, 0.2) is 83.0 Å². The van der Waals surface area contributed by atoms with Crippen LogP contribution in [0.4, 0.5) is 5.69 Å². The van der Waals surface area contributed by atoms with E-state index in [0.29, 0.717) is 39.8 Å². The van der Waals surface area contributed by atoms with Crippen molar-refractivity contribution in [3.63, 3.8) is 0 Å². The van der Waals surface area contributed by atoms with E-state index in [1.165, 1.54) is 0 Å². The van der Waals surface area contributed by atoms with Gasteiger partial charge in [-0.3, -0.25) is 4.79 Å².